The molecule has 2 heteroatoms. The van der Waals surface area contributed by atoms with Crippen molar-refractivity contribution in [2.45, 2.75) is 6.92 Å². The van der Waals surface area contributed by atoms with Crippen LogP contribution in [-0.2, 0) is 0 Å². The van der Waals surface area contributed by atoms with E-state index in [-0.39, 0.29) is 5.56 Å². The molecule has 0 aliphatic rings. The summed E-state index contributed by atoms with van der Waals surface area (Å²) < 4.78 is 28.8. The van der Waals surface area contributed by atoms with Crippen molar-refractivity contribution in [1.29, 1.82) is 0 Å². The molecule has 0 aliphatic heterocycles. The molecule has 0 radical (unpaired) electrons. The van der Waals surface area contributed by atoms with Crippen LogP contribution in [0.25, 0.3) is 22.3 Å². The fourth-order valence-electron chi connectivity index (χ4n) is 2.38. The van der Waals surface area contributed by atoms with Gasteiger partial charge in [0.1, 0.15) is 11.6 Å². The summed E-state index contributed by atoms with van der Waals surface area (Å²) in [6.45, 7) is 1.97. The first-order valence-electron chi connectivity index (χ1n) is 6.77. The van der Waals surface area contributed by atoms with Crippen molar-refractivity contribution in [2.75, 3.05) is 0 Å². The van der Waals surface area contributed by atoms with E-state index in [0.29, 0.717) is 11.1 Å². The van der Waals surface area contributed by atoms with Gasteiger partial charge in [-0.05, 0) is 30.2 Å². The maximum Gasteiger partial charge on any atom is 0.141 e. The Morgan fingerprint density at radius 3 is 2.00 bits per heavy atom. The molecule has 0 spiro atoms. The van der Waals surface area contributed by atoms with Gasteiger partial charge in [0.05, 0.1) is 5.56 Å². The maximum atomic E-state index is 14.8. The van der Waals surface area contributed by atoms with Gasteiger partial charge in [-0.2, -0.15) is 0 Å². The molecular formula is C19H14F2. The molecule has 0 saturated heterocycles. The van der Waals surface area contributed by atoms with Gasteiger partial charge in [-0.3, -0.25) is 0 Å². The van der Waals surface area contributed by atoms with Crippen LogP contribution in [0.4, 0.5) is 8.78 Å². The Kier molecular flexibility index (Phi) is 3.53. The van der Waals surface area contributed by atoms with Gasteiger partial charge in [-0.1, -0.05) is 60.2 Å². The molecule has 0 heterocycles. The molecule has 0 amide bonds. The Balaban J connectivity index is 2.19. The second-order valence-corrected chi connectivity index (χ2v) is 5.02. The van der Waals surface area contributed by atoms with Crippen LogP contribution in [0.1, 0.15) is 5.56 Å². The molecule has 0 unspecified atom stereocenters. The predicted molar refractivity (Wildman–Crippen MR) is 82.0 cm³/mol. The van der Waals surface area contributed by atoms with Gasteiger partial charge in [-0.25, -0.2) is 8.78 Å². The van der Waals surface area contributed by atoms with Crippen molar-refractivity contribution in [3.05, 3.63) is 83.9 Å². The monoisotopic (exact) mass is 280 g/mol. The van der Waals surface area contributed by atoms with Gasteiger partial charge in [0.25, 0.3) is 0 Å². The Morgan fingerprint density at radius 1 is 0.667 bits per heavy atom. The largest absolute Gasteiger partial charge is 0.206 e. The molecule has 0 bridgehead atoms. The van der Waals surface area contributed by atoms with E-state index >= 15 is 0 Å². The normalized spacial score (nSPS) is 10.6. The molecule has 0 fully saturated rings. The minimum Gasteiger partial charge on any atom is -0.206 e. The van der Waals surface area contributed by atoms with Crippen LogP contribution in [-0.4, -0.2) is 0 Å². The molecule has 3 aromatic rings. The van der Waals surface area contributed by atoms with E-state index in [4.69, 9.17) is 0 Å². The highest BCUT2D eigenvalue weighted by atomic mass is 19.1. The standard InChI is InChI=1S/C19H14F2/c1-13-7-9-14(10-8-13)16-11-12-17(20)18(19(16)21)15-5-3-2-4-6-15/h2-12H,1H3. The summed E-state index contributed by atoms with van der Waals surface area (Å²) in [5, 5.41) is 0. The minimum absolute atomic E-state index is 0.0219. The molecular weight excluding hydrogens is 266 g/mol. The van der Waals surface area contributed by atoms with Crippen molar-refractivity contribution in [2.24, 2.45) is 0 Å². The topological polar surface area (TPSA) is 0 Å². The first kappa shape index (κ1) is 13.5. The van der Waals surface area contributed by atoms with Crippen molar-refractivity contribution in [3.8, 4) is 22.3 Å². The van der Waals surface area contributed by atoms with Crippen LogP contribution >= 0.6 is 0 Å². The molecule has 0 aromatic heterocycles. The number of hydrogen-bond acceptors (Lipinski definition) is 0. The summed E-state index contributed by atoms with van der Waals surface area (Å²) >= 11 is 0. The van der Waals surface area contributed by atoms with Gasteiger partial charge in [0, 0.05) is 5.56 Å². The fourth-order valence-corrected chi connectivity index (χ4v) is 2.38. The first-order chi connectivity index (χ1) is 10.2. The number of benzene rings is 3. The SMILES string of the molecule is Cc1ccc(-c2ccc(F)c(-c3ccccc3)c2F)cc1. The smallest absolute Gasteiger partial charge is 0.141 e. The van der Waals surface area contributed by atoms with Gasteiger partial charge in [-0.15, -0.1) is 0 Å². The molecule has 0 nitrogen and oxygen atoms in total. The molecule has 3 rings (SSSR count). The first-order valence-corrected chi connectivity index (χ1v) is 6.77. The minimum atomic E-state index is -0.547. The Hall–Kier alpha value is -2.48. The average Bonchev–Trinajstić information content (AvgIpc) is 2.50. The number of hydrogen-bond donors (Lipinski definition) is 0. The Bertz CT molecular complexity index is 760. The molecule has 0 aliphatic carbocycles. The average molecular weight is 280 g/mol. The fraction of sp³-hybridized carbons (Fsp3) is 0.0526. The van der Waals surface area contributed by atoms with Gasteiger partial charge >= 0.3 is 0 Å². The highest BCUT2D eigenvalue weighted by Crippen LogP contribution is 2.33. The van der Waals surface area contributed by atoms with Crippen LogP contribution in [0.3, 0.4) is 0 Å². The van der Waals surface area contributed by atoms with Gasteiger partial charge in [0.2, 0.25) is 0 Å². The van der Waals surface area contributed by atoms with Crippen LogP contribution in [0, 0.1) is 18.6 Å². The predicted octanol–water partition coefficient (Wildman–Crippen LogP) is 5.61. The molecule has 0 N–H and O–H groups in total. The summed E-state index contributed by atoms with van der Waals surface area (Å²) in [5.41, 5.74) is 2.82. The Labute approximate surface area is 122 Å². The lowest BCUT2D eigenvalue weighted by atomic mass is 9.97. The molecule has 104 valence electrons. The maximum absolute atomic E-state index is 14.8. The zero-order valence-electron chi connectivity index (χ0n) is 11.6. The van der Waals surface area contributed by atoms with Crippen molar-refractivity contribution in [3.63, 3.8) is 0 Å². The molecule has 3 aromatic carbocycles. The second-order valence-electron chi connectivity index (χ2n) is 5.02. The lowest BCUT2D eigenvalue weighted by molar-refractivity contribution is 0.592. The highest BCUT2D eigenvalue weighted by Gasteiger charge is 2.16. The van der Waals surface area contributed by atoms with E-state index < -0.39 is 11.6 Å². The van der Waals surface area contributed by atoms with E-state index in [2.05, 4.69) is 0 Å². The van der Waals surface area contributed by atoms with E-state index in [9.17, 15) is 8.78 Å². The summed E-state index contributed by atoms with van der Waals surface area (Å²) in [7, 11) is 0. The molecule has 21 heavy (non-hydrogen) atoms. The summed E-state index contributed by atoms with van der Waals surface area (Å²) in [4.78, 5) is 0. The highest BCUT2D eigenvalue weighted by molar-refractivity contribution is 5.74. The zero-order chi connectivity index (χ0) is 14.8. The van der Waals surface area contributed by atoms with Crippen LogP contribution in [0.15, 0.2) is 66.7 Å². The third-order valence-electron chi connectivity index (χ3n) is 3.52. The van der Waals surface area contributed by atoms with E-state index in [1.165, 1.54) is 12.1 Å². The third-order valence-corrected chi connectivity index (χ3v) is 3.52. The Morgan fingerprint density at radius 2 is 1.33 bits per heavy atom. The second kappa shape index (κ2) is 5.49. The van der Waals surface area contributed by atoms with Crippen molar-refractivity contribution < 1.29 is 8.78 Å². The quantitative estimate of drug-likeness (QED) is 0.572. The number of rotatable bonds is 2. The lowest BCUT2D eigenvalue weighted by Gasteiger charge is -2.10. The van der Waals surface area contributed by atoms with Crippen LogP contribution in [0.2, 0.25) is 0 Å². The van der Waals surface area contributed by atoms with Crippen molar-refractivity contribution in [1.82, 2.24) is 0 Å². The summed E-state index contributed by atoms with van der Waals surface area (Å²) in [6.07, 6.45) is 0. The summed E-state index contributed by atoms with van der Waals surface area (Å²) in [6, 6.07) is 19.1. The van der Waals surface area contributed by atoms with Crippen molar-refractivity contribution >= 4 is 0 Å². The van der Waals surface area contributed by atoms with E-state index in [0.717, 1.165) is 11.1 Å². The third kappa shape index (κ3) is 2.57. The van der Waals surface area contributed by atoms with Gasteiger partial charge < -0.3 is 0 Å². The van der Waals surface area contributed by atoms with E-state index in [1.807, 2.05) is 37.3 Å². The van der Waals surface area contributed by atoms with Gasteiger partial charge in [0.15, 0.2) is 0 Å². The van der Waals surface area contributed by atoms with Crippen LogP contribution in [0.5, 0.6) is 0 Å². The molecule has 0 atom stereocenters. The number of halogens is 2. The van der Waals surface area contributed by atoms with Crippen LogP contribution < -0.4 is 0 Å². The zero-order valence-corrected chi connectivity index (χ0v) is 11.6. The lowest BCUT2D eigenvalue weighted by Crippen LogP contribution is -1.94. The number of aryl methyl sites for hydroxylation is 1. The van der Waals surface area contributed by atoms with E-state index in [1.54, 1.807) is 24.3 Å². The summed E-state index contributed by atoms with van der Waals surface area (Å²) in [5.74, 6) is -1.07. The molecule has 0 saturated carbocycles.